The third-order valence-electron chi connectivity index (χ3n) is 6.03. The summed E-state index contributed by atoms with van der Waals surface area (Å²) in [5, 5.41) is 0. The number of benzene rings is 1. The second-order valence-electron chi connectivity index (χ2n) is 7.40. The highest BCUT2D eigenvalue weighted by molar-refractivity contribution is 14.1. The number of halogens is 1. The van der Waals surface area contributed by atoms with E-state index in [-0.39, 0.29) is 0 Å². The van der Waals surface area contributed by atoms with Gasteiger partial charge in [0.25, 0.3) is 0 Å². The van der Waals surface area contributed by atoms with Crippen molar-refractivity contribution in [1.29, 1.82) is 0 Å². The molecule has 0 amide bonds. The van der Waals surface area contributed by atoms with E-state index in [0.717, 1.165) is 23.7 Å². The summed E-state index contributed by atoms with van der Waals surface area (Å²) in [7, 11) is 0. The molecule has 116 valence electrons. The molecule has 1 heteroatoms. The van der Waals surface area contributed by atoms with Crippen molar-refractivity contribution in [3.63, 3.8) is 0 Å². The van der Waals surface area contributed by atoms with Gasteiger partial charge in [-0.3, -0.25) is 0 Å². The monoisotopic (exact) mass is 396 g/mol. The molecule has 4 atom stereocenters. The van der Waals surface area contributed by atoms with Gasteiger partial charge in [0.2, 0.25) is 0 Å². The predicted octanol–water partition coefficient (Wildman–Crippen LogP) is 6.78. The van der Waals surface area contributed by atoms with Crippen LogP contribution in [0, 0.1) is 21.3 Å². The lowest BCUT2D eigenvalue weighted by Gasteiger charge is -2.42. The van der Waals surface area contributed by atoms with Crippen molar-refractivity contribution in [3.05, 3.63) is 33.4 Å². The highest BCUT2D eigenvalue weighted by atomic mass is 127. The maximum absolute atomic E-state index is 2.41. The van der Waals surface area contributed by atoms with E-state index in [4.69, 9.17) is 0 Å². The standard InChI is InChI=1S/C20H29I/c1-2-3-4-15-5-6-19-14-18(8-7-17(19)13-15)16-9-11-20(21)12-10-16/h9-12,15,17-19H,2-8,13-14H2,1H3/t15-,17-,18+,19+/m0/s1. The van der Waals surface area contributed by atoms with Gasteiger partial charge in [-0.2, -0.15) is 0 Å². The molecule has 1 aromatic rings. The number of rotatable bonds is 4. The molecular weight excluding hydrogens is 367 g/mol. The summed E-state index contributed by atoms with van der Waals surface area (Å²) in [6, 6.07) is 9.31. The van der Waals surface area contributed by atoms with E-state index in [2.05, 4.69) is 53.8 Å². The molecule has 0 bridgehead atoms. The Balaban J connectivity index is 1.56. The Morgan fingerprint density at radius 2 is 1.67 bits per heavy atom. The zero-order chi connectivity index (χ0) is 14.7. The van der Waals surface area contributed by atoms with Crippen LogP contribution >= 0.6 is 22.6 Å². The van der Waals surface area contributed by atoms with Gasteiger partial charge >= 0.3 is 0 Å². The number of fused-ring (bicyclic) bond motifs is 1. The van der Waals surface area contributed by atoms with Gasteiger partial charge in [0, 0.05) is 3.57 Å². The van der Waals surface area contributed by atoms with Crippen LogP contribution in [0.25, 0.3) is 0 Å². The van der Waals surface area contributed by atoms with Gasteiger partial charge in [-0.05, 0) is 96.1 Å². The Hall–Kier alpha value is -0.0500. The fraction of sp³-hybridized carbons (Fsp3) is 0.700. The molecule has 0 unspecified atom stereocenters. The van der Waals surface area contributed by atoms with Crippen molar-refractivity contribution in [2.24, 2.45) is 17.8 Å². The van der Waals surface area contributed by atoms with Crippen LogP contribution in [-0.2, 0) is 0 Å². The van der Waals surface area contributed by atoms with Crippen molar-refractivity contribution in [3.8, 4) is 0 Å². The fourth-order valence-electron chi connectivity index (χ4n) is 4.78. The average Bonchev–Trinajstić information content (AvgIpc) is 2.53. The molecule has 0 aliphatic heterocycles. The van der Waals surface area contributed by atoms with E-state index in [0.29, 0.717) is 0 Å². The average molecular weight is 396 g/mol. The molecule has 0 spiro atoms. The molecule has 0 saturated heterocycles. The smallest absolute Gasteiger partial charge is 0.0130 e. The lowest BCUT2D eigenvalue weighted by Crippen LogP contribution is -2.30. The summed E-state index contributed by atoms with van der Waals surface area (Å²) in [5.41, 5.74) is 1.60. The van der Waals surface area contributed by atoms with Crippen LogP contribution in [0.4, 0.5) is 0 Å². The van der Waals surface area contributed by atoms with Crippen molar-refractivity contribution in [1.82, 2.24) is 0 Å². The normalized spacial score (nSPS) is 32.7. The second kappa shape index (κ2) is 7.48. The fourth-order valence-corrected chi connectivity index (χ4v) is 5.14. The molecule has 21 heavy (non-hydrogen) atoms. The van der Waals surface area contributed by atoms with Gasteiger partial charge in [0.1, 0.15) is 0 Å². The van der Waals surface area contributed by atoms with Crippen LogP contribution in [0.3, 0.4) is 0 Å². The first kappa shape index (κ1) is 15.8. The van der Waals surface area contributed by atoms with Crippen molar-refractivity contribution in [2.45, 2.75) is 70.6 Å². The molecule has 0 aromatic heterocycles. The maximum Gasteiger partial charge on any atom is 0.0130 e. The van der Waals surface area contributed by atoms with Gasteiger partial charge in [0.15, 0.2) is 0 Å². The van der Waals surface area contributed by atoms with Crippen molar-refractivity contribution < 1.29 is 0 Å². The van der Waals surface area contributed by atoms with Crippen LogP contribution < -0.4 is 0 Å². The Morgan fingerprint density at radius 3 is 2.43 bits per heavy atom. The molecule has 2 fully saturated rings. The van der Waals surface area contributed by atoms with Crippen molar-refractivity contribution in [2.75, 3.05) is 0 Å². The summed E-state index contributed by atoms with van der Waals surface area (Å²) in [6.07, 6.45) is 13.3. The first-order chi connectivity index (χ1) is 10.3. The largest absolute Gasteiger partial charge is 0.0654 e. The third-order valence-corrected chi connectivity index (χ3v) is 6.75. The first-order valence-electron chi connectivity index (χ1n) is 9.01. The van der Waals surface area contributed by atoms with E-state index in [1.54, 1.807) is 12.0 Å². The maximum atomic E-state index is 2.41. The molecule has 0 N–H and O–H groups in total. The molecule has 0 nitrogen and oxygen atoms in total. The first-order valence-corrected chi connectivity index (χ1v) is 10.1. The summed E-state index contributed by atoms with van der Waals surface area (Å²) < 4.78 is 1.36. The van der Waals surface area contributed by atoms with Gasteiger partial charge < -0.3 is 0 Å². The third kappa shape index (κ3) is 4.03. The molecule has 1 aromatic carbocycles. The van der Waals surface area contributed by atoms with Crippen LogP contribution in [0.1, 0.15) is 76.2 Å². The lowest BCUT2D eigenvalue weighted by atomic mass is 9.63. The molecule has 2 aliphatic rings. The zero-order valence-electron chi connectivity index (χ0n) is 13.4. The summed E-state index contributed by atoms with van der Waals surface area (Å²) in [6.45, 7) is 2.33. The SMILES string of the molecule is CCCC[C@H]1CC[C@@H]2C[C@H](c3ccc(I)cc3)CC[C@H]2C1. The minimum atomic E-state index is 0.843. The highest BCUT2D eigenvalue weighted by Crippen LogP contribution is 2.48. The molecule has 0 heterocycles. The van der Waals surface area contributed by atoms with E-state index in [1.165, 1.54) is 54.9 Å². The Bertz CT molecular complexity index is 436. The zero-order valence-corrected chi connectivity index (χ0v) is 15.5. The topological polar surface area (TPSA) is 0 Å². The molecule has 3 rings (SSSR count). The number of unbranched alkanes of at least 4 members (excludes halogenated alkanes) is 1. The summed E-state index contributed by atoms with van der Waals surface area (Å²) in [4.78, 5) is 0. The van der Waals surface area contributed by atoms with Crippen LogP contribution in [-0.4, -0.2) is 0 Å². The van der Waals surface area contributed by atoms with Gasteiger partial charge in [-0.25, -0.2) is 0 Å². The minimum Gasteiger partial charge on any atom is -0.0654 e. The van der Waals surface area contributed by atoms with Gasteiger partial charge in [-0.1, -0.05) is 44.7 Å². The van der Waals surface area contributed by atoms with E-state index in [9.17, 15) is 0 Å². The van der Waals surface area contributed by atoms with E-state index in [1.807, 2.05) is 0 Å². The lowest BCUT2D eigenvalue weighted by molar-refractivity contribution is 0.113. The highest BCUT2D eigenvalue weighted by Gasteiger charge is 2.35. The van der Waals surface area contributed by atoms with Gasteiger partial charge in [-0.15, -0.1) is 0 Å². The van der Waals surface area contributed by atoms with Crippen molar-refractivity contribution >= 4 is 22.6 Å². The summed E-state index contributed by atoms with van der Waals surface area (Å²) in [5.74, 6) is 3.98. The van der Waals surface area contributed by atoms with E-state index >= 15 is 0 Å². The van der Waals surface area contributed by atoms with Gasteiger partial charge in [0.05, 0.1) is 0 Å². The Morgan fingerprint density at radius 1 is 0.952 bits per heavy atom. The second-order valence-corrected chi connectivity index (χ2v) is 8.65. The quantitative estimate of drug-likeness (QED) is 0.492. The molecule has 2 saturated carbocycles. The summed E-state index contributed by atoms with van der Waals surface area (Å²) >= 11 is 2.41. The van der Waals surface area contributed by atoms with Crippen LogP contribution in [0.15, 0.2) is 24.3 Å². The van der Waals surface area contributed by atoms with Crippen LogP contribution in [0.2, 0.25) is 0 Å². The van der Waals surface area contributed by atoms with E-state index < -0.39 is 0 Å². The minimum absolute atomic E-state index is 0.843. The molecule has 2 aliphatic carbocycles. The number of hydrogen-bond acceptors (Lipinski definition) is 0. The molecule has 0 radical (unpaired) electrons. The number of hydrogen-bond donors (Lipinski definition) is 0. The Kier molecular flexibility index (Phi) is 5.64. The molecular formula is C20H29I. The van der Waals surface area contributed by atoms with Crippen LogP contribution in [0.5, 0.6) is 0 Å². The predicted molar refractivity (Wildman–Crippen MR) is 99.6 cm³/mol. The Labute approximate surface area is 144 Å².